The smallest absolute Gasteiger partial charge is 0.153 e. The van der Waals surface area contributed by atoms with E-state index in [4.69, 9.17) is 27.9 Å². The van der Waals surface area contributed by atoms with Crippen LogP contribution in [-0.2, 0) is 6.61 Å². The van der Waals surface area contributed by atoms with Crippen LogP contribution in [0.15, 0.2) is 36.4 Å². The van der Waals surface area contributed by atoms with Crippen molar-refractivity contribution >= 4 is 29.5 Å². The Kier molecular flexibility index (Phi) is 4.40. The van der Waals surface area contributed by atoms with Crippen molar-refractivity contribution < 1.29 is 13.9 Å². The molecule has 0 aliphatic heterocycles. The third-order valence-corrected chi connectivity index (χ3v) is 2.96. The number of hydrogen-bond acceptors (Lipinski definition) is 2. The van der Waals surface area contributed by atoms with Crippen molar-refractivity contribution in [2.45, 2.75) is 6.61 Å². The molecule has 0 N–H and O–H groups in total. The second-order valence-corrected chi connectivity index (χ2v) is 4.68. The van der Waals surface area contributed by atoms with Crippen LogP contribution in [0.4, 0.5) is 4.39 Å². The van der Waals surface area contributed by atoms with Crippen molar-refractivity contribution in [3.8, 4) is 5.75 Å². The molecule has 0 radical (unpaired) electrons. The van der Waals surface area contributed by atoms with E-state index in [0.29, 0.717) is 11.3 Å². The molecule has 98 valence electrons. The van der Waals surface area contributed by atoms with Gasteiger partial charge in [0.15, 0.2) is 6.29 Å². The highest BCUT2D eigenvalue weighted by atomic mass is 35.5. The topological polar surface area (TPSA) is 26.3 Å². The average Bonchev–Trinajstić information content (AvgIpc) is 2.39. The Morgan fingerprint density at radius 2 is 1.84 bits per heavy atom. The van der Waals surface area contributed by atoms with Crippen molar-refractivity contribution in [3.05, 3.63) is 63.4 Å². The Balaban J connectivity index is 2.19. The summed E-state index contributed by atoms with van der Waals surface area (Å²) in [5.74, 6) is -0.0488. The summed E-state index contributed by atoms with van der Waals surface area (Å²) in [6.07, 6.45) is 0.623. The van der Waals surface area contributed by atoms with Gasteiger partial charge in [0.05, 0.1) is 10.6 Å². The maximum atomic E-state index is 12.8. The van der Waals surface area contributed by atoms with Gasteiger partial charge in [-0.1, -0.05) is 35.3 Å². The van der Waals surface area contributed by atoms with Crippen LogP contribution in [0.5, 0.6) is 5.75 Å². The van der Waals surface area contributed by atoms with E-state index in [9.17, 15) is 9.18 Å². The fourth-order valence-electron chi connectivity index (χ4n) is 1.56. The minimum absolute atomic E-state index is 0.183. The number of benzene rings is 2. The van der Waals surface area contributed by atoms with E-state index in [1.54, 1.807) is 12.1 Å². The Labute approximate surface area is 119 Å². The van der Waals surface area contributed by atoms with Crippen LogP contribution >= 0.6 is 23.2 Å². The van der Waals surface area contributed by atoms with Crippen LogP contribution in [0, 0.1) is 5.82 Å². The van der Waals surface area contributed by atoms with Gasteiger partial charge in [0.2, 0.25) is 0 Å². The average molecular weight is 299 g/mol. The first-order valence-electron chi connectivity index (χ1n) is 5.41. The molecular weight excluding hydrogens is 290 g/mol. The van der Waals surface area contributed by atoms with E-state index in [2.05, 4.69) is 0 Å². The molecule has 19 heavy (non-hydrogen) atoms. The summed E-state index contributed by atoms with van der Waals surface area (Å²) < 4.78 is 18.2. The lowest BCUT2D eigenvalue weighted by Crippen LogP contribution is -1.99. The summed E-state index contributed by atoms with van der Waals surface area (Å²) in [5, 5.41) is 0.623. The predicted molar refractivity (Wildman–Crippen MR) is 72.6 cm³/mol. The number of rotatable bonds is 4. The first-order chi connectivity index (χ1) is 9.10. The Morgan fingerprint density at radius 3 is 2.47 bits per heavy atom. The number of carbonyl (C=O) groups excluding carboxylic acids is 1. The third-order valence-electron chi connectivity index (χ3n) is 2.46. The molecule has 2 aromatic rings. The van der Waals surface area contributed by atoms with Gasteiger partial charge in [-0.2, -0.15) is 0 Å². The molecule has 5 heteroatoms. The van der Waals surface area contributed by atoms with Crippen LogP contribution < -0.4 is 4.74 Å². The lowest BCUT2D eigenvalue weighted by Gasteiger charge is -2.10. The molecule has 2 nitrogen and oxygen atoms in total. The van der Waals surface area contributed by atoms with Gasteiger partial charge in [-0.25, -0.2) is 4.39 Å². The zero-order valence-corrected chi connectivity index (χ0v) is 11.2. The molecule has 0 spiro atoms. The normalized spacial score (nSPS) is 10.3. The maximum Gasteiger partial charge on any atom is 0.153 e. The molecule has 0 saturated heterocycles. The van der Waals surface area contributed by atoms with Crippen LogP contribution in [0.2, 0.25) is 10.0 Å². The minimum atomic E-state index is -0.318. The predicted octanol–water partition coefficient (Wildman–Crippen LogP) is 4.52. The van der Waals surface area contributed by atoms with Crippen molar-refractivity contribution in [3.63, 3.8) is 0 Å². The number of halogens is 3. The molecule has 0 aromatic heterocycles. The van der Waals surface area contributed by atoms with Crippen LogP contribution in [0.1, 0.15) is 15.9 Å². The molecule has 0 aliphatic rings. The summed E-state index contributed by atoms with van der Waals surface area (Å²) in [4.78, 5) is 10.9. The summed E-state index contributed by atoms with van der Waals surface area (Å²) in [6, 6.07) is 8.83. The van der Waals surface area contributed by atoms with Crippen LogP contribution in [0.3, 0.4) is 0 Å². The highest BCUT2D eigenvalue weighted by Gasteiger charge is 2.10. The molecule has 2 aromatic carbocycles. The number of carbonyl (C=O) groups is 1. The first-order valence-corrected chi connectivity index (χ1v) is 6.17. The number of ether oxygens (including phenoxy) is 1. The number of aldehydes is 1. The fraction of sp³-hybridized carbons (Fsp3) is 0.0714. The standard InChI is InChI=1S/C14H9Cl2FO2/c15-11-5-10(7-18)14(13(16)6-11)19-8-9-1-3-12(17)4-2-9/h1-7H,8H2. The molecule has 0 atom stereocenters. The van der Waals surface area contributed by atoms with Crippen molar-refractivity contribution in [2.75, 3.05) is 0 Å². The van der Waals surface area contributed by atoms with Gasteiger partial charge in [-0.05, 0) is 29.8 Å². The first kappa shape index (κ1) is 13.8. The van der Waals surface area contributed by atoms with Gasteiger partial charge < -0.3 is 4.74 Å². The Bertz CT molecular complexity index is 597. The van der Waals surface area contributed by atoms with E-state index < -0.39 is 0 Å². The maximum absolute atomic E-state index is 12.8. The van der Waals surface area contributed by atoms with Crippen molar-refractivity contribution in [2.24, 2.45) is 0 Å². The monoisotopic (exact) mass is 298 g/mol. The lowest BCUT2D eigenvalue weighted by atomic mass is 10.2. The van der Waals surface area contributed by atoms with Gasteiger partial charge in [0.25, 0.3) is 0 Å². The summed E-state index contributed by atoms with van der Waals surface area (Å²) in [5.41, 5.74) is 1.05. The van der Waals surface area contributed by atoms with Gasteiger partial charge in [-0.3, -0.25) is 4.79 Å². The molecule has 0 aliphatic carbocycles. The molecule has 0 bridgehead atoms. The lowest BCUT2D eigenvalue weighted by molar-refractivity contribution is 0.111. The molecule has 0 heterocycles. The Morgan fingerprint density at radius 1 is 1.16 bits per heavy atom. The highest BCUT2D eigenvalue weighted by Crippen LogP contribution is 2.32. The van der Waals surface area contributed by atoms with E-state index in [-0.39, 0.29) is 28.8 Å². The zero-order valence-electron chi connectivity index (χ0n) is 9.70. The van der Waals surface area contributed by atoms with Gasteiger partial charge in [-0.15, -0.1) is 0 Å². The van der Waals surface area contributed by atoms with Gasteiger partial charge in [0.1, 0.15) is 18.2 Å². The van der Waals surface area contributed by atoms with E-state index >= 15 is 0 Å². The van der Waals surface area contributed by atoms with E-state index in [1.165, 1.54) is 24.3 Å². The third kappa shape index (κ3) is 3.46. The molecule has 2 rings (SSSR count). The summed E-state index contributed by atoms with van der Waals surface area (Å²) in [6.45, 7) is 0.183. The fourth-order valence-corrected chi connectivity index (χ4v) is 2.12. The molecule has 0 unspecified atom stereocenters. The molecular formula is C14H9Cl2FO2. The highest BCUT2D eigenvalue weighted by molar-refractivity contribution is 6.36. The molecule has 0 fully saturated rings. The largest absolute Gasteiger partial charge is 0.487 e. The van der Waals surface area contributed by atoms with Crippen LogP contribution in [0.25, 0.3) is 0 Å². The van der Waals surface area contributed by atoms with E-state index in [1.807, 2.05) is 0 Å². The van der Waals surface area contributed by atoms with Gasteiger partial charge >= 0.3 is 0 Å². The van der Waals surface area contributed by atoms with Crippen LogP contribution in [-0.4, -0.2) is 6.29 Å². The minimum Gasteiger partial charge on any atom is -0.487 e. The Hall–Kier alpha value is -1.58. The summed E-state index contributed by atoms with van der Waals surface area (Å²) >= 11 is 11.8. The van der Waals surface area contributed by atoms with Crippen molar-refractivity contribution in [1.29, 1.82) is 0 Å². The number of hydrogen-bond donors (Lipinski definition) is 0. The molecule has 0 amide bonds. The van der Waals surface area contributed by atoms with E-state index in [0.717, 1.165) is 5.56 Å². The van der Waals surface area contributed by atoms with Crippen molar-refractivity contribution in [1.82, 2.24) is 0 Å². The zero-order chi connectivity index (χ0) is 13.8. The second-order valence-electron chi connectivity index (χ2n) is 3.84. The second kappa shape index (κ2) is 6.04. The quantitative estimate of drug-likeness (QED) is 0.776. The summed E-state index contributed by atoms with van der Waals surface area (Å²) in [7, 11) is 0. The molecule has 0 saturated carbocycles. The SMILES string of the molecule is O=Cc1cc(Cl)cc(Cl)c1OCc1ccc(F)cc1. The van der Waals surface area contributed by atoms with Gasteiger partial charge in [0, 0.05) is 5.02 Å².